The molecule has 2 heteroatoms. The van der Waals surface area contributed by atoms with E-state index in [0.717, 1.165) is 43.3 Å². The van der Waals surface area contributed by atoms with Crippen LogP contribution in [0.15, 0.2) is 18.2 Å². The summed E-state index contributed by atoms with van der Waals surface area (Å²) in [4.78, 5) is 14.5. The maximum atomic E-state index is 12.5. The summed E-state index contributed by atoms with van der Waals surface area (Å²) in [6.07, 6.45) is 2.29. The second-order valence-corrected chi connectivity index (χ2v) is 6.25. The van der Waals surface area contributed by atoms with Gasteiger partial charge in [0.05, 0.1) is 0 Å². The van der Waals surface area contributed by atoms with E-state index in [9.17, 15) is 4.79 Å². The first-order valence-corrected chi connectivity index (χ1v) is 7.35. The van der Waals surface area contributed by atoms with Crippen molar-refractivity contribution in [1.82, 2.24) is 4.90 Å². The standard InChI is InChI=1S/C17H25NO/c1-12(2)15-5-7-18(8-6-15)17(19)16-10-13(3)9-14(4)11-16/h9-12,15H,5-8H2,1-4H3. The van der Waals surface area contributed by atoms with Crippen molar-refractivity contribution >= 4 is 5.91 Å². The highest BCUT2D eigenvalue weighted by molar-refractivity contribution is 5.94. The lowest BCUT2D eigenvalue weighted by Gasteiger charge is -2.34. The number of rotatable bonds is 2. The van der Waals surface area contributed by atoms with E-state index in [0.29, 0.717) is 0 Å². The minimum atomic E-state index is 0.203. The number of amides is 1. The van der Waals surface area contributed by atoms with Gasteiger partial charge in [0.15, 0.2) is 0 Å². The van der Waals surface area contributed by atoms with Gasteiger partial charge in [-0.3, -0.25) is 4.79 Å². The fraction of sp³-hybridized carbons (Fsp3) is 0.588. The molecule has 0 aliphatic carbocycles. The van der Waals surface area contributed by atoms with Crippen molar-refractivity contribution in [2.75, 3.05) is 13.1 Å². The molecule has 1 aliphatic rings. The minimum Gasteiger partial charge on any atom is -0.339 e. The third-order valence-electron chi connectivity index (χ3n) is 4.24. The Kier molecular flexibility index (Phi) is 4.28. The van der Waals surface area contributed by atoms with Crippen molar-refractivity contribution in [3.05, 3.63) is 34.9 Å². The third kappa shape index (κ3) is 3.37. The van der Waals surface area contributed by atoms with Crippen LogP contribution >= 0.6 is 0 Å². The van der Waals surface area contributed by atoms with Gasteiger partial charge in [-0.25, -0.2) is 0 Å². The number of carbonyl (C=O) groups is 1. The maximum absolute atomic E-state index is 12.5. The number of piperidine rings is 1. The molecule has 0 N–H and O–H groups in total. The van der Waals surface area contributed by atoms with Gasteiger partial charge in [0.2, 0.25) is 0 Å². The molecule has 1 saturated heterocycles. The van der Waals surface area contributed by atoms with E-state index >= 15 is 0 Å². The van der Waals surface area contributed by atoms with Crippen LogP contribution in [0.4, 0.5) is 0 Å². The largest absolute Gasteiger partial charge is 0.339 e. The van der Waals surface area contributed by atoms with Gasteiger partial charge in [-0.05, 0) is 50.7 Å². The van der Waals surface area contributed by atoms with Crippen molar-refractivity contribution in [1.29, 1.82) is 0 Å². The van der Waals surface area contributed by atoms with Gasteiger partial charge >= 0.3 is 0 Å². The number of carbonyl (C=O) groups excluding carboxylic acids is 1. The molecular formula is C17H25NO. The number of hydrogen-bond acceptors (Lipinski definition) is 1. The molecule has 0 aromatic heterocycles. The second-order valence-electron chi connectivity index (χ2n) is 6.25. The second kappa shape index (κ2) is 5.77. The van der Waals surface area contributed by atoms with E-state index in [-0.39, 0.29) is 5.91 Å². The Morgan fingerprint density at radius 3 is 2.11 bits per heavy atom. The van der Waals surface area contributed by atoms with E-state index in [2.05, 4.69) is 33.8 Å². The van der Waals surface area contributed by atoms with Crippen LogP contribution in [-0.4, -0.2) is 23.9 Å². The van der Waals surface area contributed by atoms with Crippen LogP contribution in [0.25, 0.3) is 0 Å². The Morgan fingerprint density at radius 1 is 1.11 bits per heavy atom. The Bertz CT molecular complexity index is 436. The van der Waals surface area contributed by atoms with Crippen molar-refractivity contribution in [3.63, 3.8) is 0 Å². The molecule has 1 fully saturated rings. The average Bonchev–Trinajstić information content (AvgIpc) is 2.37. The van der Waals surface area contributed by atoms with Gasteiger partial charge in [-0.1, -0.05) is 31.0 Å². The van der Waals surface area contributed by atoms with E-state index in [4.69, 9.17) is 0 Å². The molecular weight excluding hydrogens is 234 g/mol. The molecule has 1 aromatic rings. The molecule has 0 unspecified atom stereocenters. The van der Waals surface area contributed by atoms with Crippen LogP contribution in [0.2, 0.25) is 0 Å². The monoisotopic (exact) mass is 259 g/mol. The van der Waals surface area contributed by atoms with Crippen LogP contribution in [0, 0.1) is 25.7 Å². The molecule has 0 radical (unpaired) electrons. The Hall–Kier alpha value is -1.31. The van der Waals surface area contributed by atoms with Crippen molar-refractivity contribution in [3.8, 4) is 0 Å². The lowest BCUT2D eigenvalue weighted by Crippen LogP contribution is -2.39. The van der Waals surface area contributed by atoms with Crippen molar-refractivity contribution in [2.45, 2.75) is 40.5 Å². The van der Waals surface area contributed by atoms with Gasteiger partial charge in [-0.2, -0.15) is 0 Å². The summed E-state index contributed by atoms with van der Waals surface area (Å²) < 4.78 is 0. The first-order chi connectivity index (χ1) is 8.97. The molecule has 1 amide bonds. The summed E-state index contributed by atoms with van der Waals surface area (Å²) >= 11 is 0. The highest BCUT2D eigenvalue weighted by Gasteiger charge is 2.25. The Morgan fingerprint density at radius 2 is 1.63 bits per heavy atom. The van der Waals surface area contributed by atoms with Gasteiger partial charge < -0.3 is 4.90 Å². The van der Waals surface area contributed by atoms with Gasteiger partial charge in [-0.15, -0.1) is 0 Å². The molecule has 0 bridgehead atoms. The number of benzene rings is 1. The number of likely N-dealkylation sites (tertiary alicyclic amines) is 1. The molecule has 1 aromatic carbocycles. The molecule has 0 spiro atoms. The zero-order valence-corrected chi connectivity index (χ0v) is 12.6. The maximum Gasteiger partial charge on any atom is 0.253 e. The van der Waals surface area contributed by atoms with E-state index in [1.54, 1.807) is 0 Å². The smallest absolute Gasteiger partial charge is 0.253 e. The summed E-state index contributed by atoms with van der Waals surface area (Å²) in [5, 5.41) is 0. The lowest BCUT2D eigenvalue weighted by molar-refractivity contribution is 0.0667. The van der Waals surface area contributed by atoms with Crippen molar-refractivity contribution < 1.29 is 4.79 Å². The van der Waals surface area contributed by atoms with Crippen LogP contribution in [0.5, 0.6) is 0 Å². The summed E-state index contributed by atoms with van der Waals surface area (Å²) in [5.41, 5.74) is 3.18. The van der Waals surface area contributed by atoms with Crippen LogP contribution < -0.4 is 0 Å². The third-order valence-corrected chi connectivity index (χ3v) is 4.24. The fourth-order valence-corrected chi connectivity index (χ4v) is 3.05. The van der Waals surface area contributed by atoms with Gasteiger partial charge in [0, 0.05) is 18.7 Å². The topological polar surface area (TPSA) is 20.3 Å². The van der Waals surface area contributed by atoms with Crippen molar-refractivity contribution in [2.24, 2.45) is 11.8 Å². The minimum absolute atomic E-state index is 0.203. The quantitative estimate of drug-likeness (QED) is 0.791. The average molecular weight is 259 g/mol. The van der Waals surface area contributed by atoms with Crippen LogP contribution in [0.3, 0.4) is 0 Å². The predicted molar refractivity (Wildman–Crippen MR) is 79.4 cm³/mol. The molecule has 0 saturated carbocycles. The summed E-state index contributed by atoms with van der Waals surface area (Å²) in [5.74, 6) is 1.72. The van der Waals surface area contributed by atoms with E-state index in [1.165, 1.54) is 11.1 Å². The first-order valence-electron chi connectivity index (χ1n) is 7.35. The zero-order chi connectivity index (χ0) is 14.0. The van der Waals surface area contributed by atoms with E-state index < -0.39 is 0 Å². The zero-order valence-electron chi connectivity index (χ0n) is 12.6. The van der Waals surface area contributed by atoms with Gasteiger partial charge in [0.1, 0.15) is 0 Å². The van der Waals surface area contributed by atoms with Gasteiger partial charge in [0.25, 0.3) is 5.91 Å². The molecule has 1 aliphatic heterocycles. The van der Waals surface area contributed by atoms with Crippen LogP contribution in [0.1, 0.15) is 48.2 Å². The first kappa shape index (κ1) is 14.1. The molecule has 19 heavy (non-hydrogen) atoms. The summed E-state index contributed by atoms with van der Waals surface area (Å²) in [6.45, 7) is 10.5. The summed E-state index contributed by atoms with van der Waals surface area (Å²) in [7, 11) is 0. The normalized spacial score (nSPS) is 17.0. The Balaban J connectivity index is 2.05. The SMILES string of the molecule is Cc1cc(C)cc(C(=O)N2CCC(C(C)C)CC2)c1. The Labute approximate surface area is 116 Å². The molecule has 104 valence electrons. The molecule has 2 nitrogen and oxygen atoms in total. The summed E-state index contributed by atoms with van der Waals surface area (Å²) in [6, 6.07) is 6.12. The fourth-order valence-electron chi connectivity index (χ4n) is 3.05. The lowest BCUT2D eigenvalue weighted by atomic mass is 9.86. The molecule has 0 atom stereocenters. The molecule has 2 rings (SSSR count). The highest BCUT2D eigenvalue weighted by atomic mass is 16.2. The number of aryl methyl sites for hydroxylation is 2. The molecule has 1 heterocycles. The predicted octanol–water partition coefficient (Wildman–Crippen LogP) is 3.81. The number of hydrogen-bond donors (Lipinski definition) is 0. The van der Waals surface area contributed by atoms with E-state index in [1.807, 2.05) is 17.0 Å². The number of nitrogens with zero attached hydrogens (tertiary/aromatic N) is 1. The highest BCUT2D eigenvalue weighted by Crippen LogP contribution is 2.25. The van der Waals surface area contributed by atoms with Crippen LogP contribution in [-0.2, 0) is 0 Å².